The number of aryl methyl sites for hydroxylation is 1. The van der Waals surface area contributed by atoms with Crippen LogP contribution in [0.3, 0.4) is 0 Å². The molecule has 29 heavy (non-hydrogen) atoms. The molecule has 1 aliphatic heterocycles. The van der Waals surface area contributed by atoms with Crippen molar-refractivity contribution in [3.63, 3.8) is 0 Å². The van der Waals surface area contributed by atoms with Gasteiger partial charge in [0.1, 0.15) is 5.82 Å². The quantitative estimate of drug-likeness (QED) is 0.807. The number of hydrogen-bond acceptors (Lipinski definition) is 4. The predicted octanol–water partition coefficient (Wildman–Crippen LogP) is 4.01. The van der Waals surface area contributed by atoms with Gasteiger partial charge in [-0.2, -0.15) is 0 Å². The van der Waals surface area contributed by atoms with Gasteiger partial charge in [0.2, 0.25) is 5.91 Å². The van der Waals surface area contributed by atoms with E-state index in [1.807, 2.05) is 18.2 Å². The molecule has 1 saturated heterocycles. The fourth-order valence-electron chi connectivity index (χ4n) is 4.31. The van der Waals surface area contributed by atoms with E-state index in [1.54, 1.807) is 0 Å². The molecule has 1 amide bonds. The van der Waals surface area contributed by atoms with E-state index in [1.165, 1.54) is 11.3 Å². The van der Waals surface area contributed by atoms with Gasteiger partial charge in [-0.25, -0.2) is 9.97 Å². The molecule has 0 bridgehead atoms. The number of aromatic nitrogens is 2. The van der Waals surface area contributed by atoms with Crippen molar-refractivity contribution in [1.29, 1.82) is 0 Å². The maximum atomic E-state index is 12.5. The summed E-state index contributed by atoms with van der Waals surface area (Å²) in [5, 5.41) is 3.15. The molecule has 0 saturated carbocycles. The summed E-state index contributed by atoms with van der Waals surface area (Å²) in [5.41, 5.74) is 3.61. The lowest BCUT2D eigenvalue weighted by molar-refractivity contribution is -0.125. The second-order valence-corrected chi connectivity index (χ2v) is 8.54. The normalized spacial score (nSPS) is 17.8. The highest BCUT2D eigenvalue weighted by atomic mass is 16.1. The fraction of sp³-hybridized carbons (Fsp3) is 0.542. The number of fused-ring (bicyclic) bond motifs is 1. The minimum absolute atomic E-state index is 0.124. The lowest BCUT2D eigenvalue weighted by Gasteiger charge is -2.33. The molecule has 1 aromatic carbocycles. The van der Waals surface area contributed by atoms with E-state index in [0.29, 0.717) is 5.92 Å². The zero-order chi connectivity index (χ0) is 20.2. The molecular formula is C24H32N4O. The van der Waals surface area contributed by atoms with Crippen LogP contribution in [0.15, 0.2) is 30.3 Å². The molecule has 1 N–H and O–H groups in total. The minimum Gasteiger partial charge on any atom is -0.356 e. The van der Waals surface area contributed by atoms with Crippen molar-refractivity contribution in [3.05, 3.63) is 41.6 Å². The molecule has 1 atom stereocenters. The Bertz CT molecular complexity index is 843. The minimum atomic E-state index is 0.124. The fourth-order valence-corrected chi connectivity index (χ4v) is 4.31. The average Bonchev–Trinajstić information content (AvgIpc) is 3.26. The zero-order valence-electron chi connectivity index (χ0n) is 17.7. The second-order valence-electron chi connectivity index (χ2n) is 8.54. The van der Waals surface area contributed by atoms with Crippen molar-refractivity contribution in [1.82, 2.24) is 15.3 Å². The van der Waals surface area contributed by atoms with Crippen LogP contribution >= 0.6 is 0 Å². The van der Waals surface area contributed by atoms with Crippen LogP contribution in [-0.2, 0) is 17.6 Å². The van der Waals surface area contributed by atoms with Gasteiger partial charge in [0.25, 0.3) is 0 Å². The van der Waals surface area contributed by atoms with Gasteiger partial charge in [-0.15, -0.1) is 0 Å². The molecule has 0 spiro atoms. The van der Waals surface area contributed by atoms with Crippen LogP contribution in [0.1, 0.15) is 50.8 Å². The Hall–Kier alpha value is -2.43. The largest absolute Gasteiger partial charge is 0.356 e. The molecule has 5 heteroatoms. The maximum Gasteiger partial charge on any atom is 0.223 e. The number of hydrogen-bond donors (Lipinski definition) is 1. The molecule has 1 unspecified atom stereocenters. The summed E-state index contributed by atoms with van der Waals surface area (Å²) in [6, 6.07) is 10.3. The van der Waals surface area contributed by atoms with E-state index < -0.39 is 0 Å². The number of carbonyl (C=O) groups is 1. The van der Waals surface area contributed by atoms with E-state index in [0.717, 1.165) is 75.4 Å². The van der Waals surface area contributed by atoms with Crippen molar-refractivity contribution < 1.29 is 4.79 Å². The number of nitrogens with one attached hydrogen (secondary N) is 1. The maximum absolute atomic E-state index is 12.5. The smallest absolute Gasteiger partial charge is 0.223 e. The Balaban J connectivity index is 1.47. The Morgan fingerprint density at radius 2 is 1.93 bits per heavy atom. The monoisotopic (exact) mass is 392 g/mol. The molecule has 154 valence electrons. The number of carbonyl (C=O) groups excluding carboxylic acids is 1. The third-order valence-corrected chi connectivity index (χ3v) is 6.43. The van der Waals surface area contributed by atoms with E-state index >= 15 is 0 Å². The molecule has 5 nitrogen and oxygen atoms in total. The molecular weight excluding hydrogens is 360 g/mol. The lowest BCUT2D eigenvalue weighted by atomic mass is 9.95. The van der Waals surface area contributed by atoms with Gasteiger partial charge < -0.3 is 10.2 Å². The van der Waals surface area contributed by atoms with E-state index in [-0.39, 0.29) is 11.8 Å². The molecule has 1 aliphatic carbocycles. The van der Waals surface area contributed by atoms with Crippen molar-refractivity contribution in [3.8, 4) is 11.4 Å². The van der Waals surface area contributed by atoms with Crippen LogP contribution in [0, 0.1) is 11.8 Å². The summed E-state index contributed by atoms with van der Waals surface area (Å²) >= 11 is 0. The molecule has 1 aromatic heterocycles. The van der Waals surface area contributed by atoms with Crippen LogP contribution in [0.25, 0.3) is 11.4 Å². The van der Waals surface area contributed by atoms with Crippen molar-refractivity contribution in [2.45, 2.75) is 52.4 Å². The first kappa shape index (κ1) is 19.9. The van der Waals surface area contributed by atoms with Gasteiger partial charge in [0.15, 0.2) is 5.82 Å². The van der Waals surface area contributed by atoms with Crippen LogP contribution in [-0.4, -0.2) is 35.5 Å². The number of rotatable bonds is 6. The summed E-state index contributed by atoms with van der Waals surface area (Å²) in [7, 11) is 0. The molecule has 1 fully saturated rings. The van der Waals surface area contributed by atoms with Crippen LogP contribution in [0.2, 0.25) is 0 Å². The van der Waals surface area contributed by atoms with Gasteiger partial charge in [0.05, 0.1) is 0 Å². The van der Waals surface area contributed by atoms with Crippen LogP contribution < -0.4 is 10.2 Å². The highest BCUT2D eigenvalue weighted by Gasteiger charge is 2.29. The Labute approximate surface area is 173 Å². The number of piperidine rings is 1. The number of anilines is 1. The summed E-state index contributed by atoms with van der Waals surface area (Å²) in [4.78, 5) is 24.8. The van der Waals surface area contributed by atoms with Gasteiger partial charge in [-0.3, -0.25) is 4.79 Å². The van der Waals surface area contributed by atoms with Gasteiger partial charge >= 0.3 is 0 Å². The summed E-state index contributed by atoms with van der Waals surface area (Å²) in [6.45, 7) is 6.91. The zero-order valence-corrected chi connectivity index (χ0v) is 17.7. The van der Waals surface area contributed by atoms with E-state index in [4.69, 9.17) is 9.97 Å². The topological polar surface area (TPSA) is 58.1 Å². The van der Waals surface area contributed by atoms with Crippen molar-refractivity contribution in [2.75, 3.05) is 24.5 Å². The molecule has 2 aromatic rings. The molecule has 4 rings (SSSR count). The Morgan fingerprint density at radius 3 is 2.66 bits per heavy atom. The van der Waals surface area contributed by atoms with Crippen LogP contribution in [0.4, 0.5) is 5.82 Å². The molecule has 2 aliphatic rings. The standard InChI is InChI=1S/C24H32N4O/c1-3-17(2)16-25-24(29)19-12-14-28(15-13-19)23-20-10-7-11-21(20)26-22(27-23)18-8-5-4-6-9-18/h4-6,8-9,17,19H,3,7,10-16H2,1-2H3,(H,25,29). The van der Waals surface area contributed by atoms with Crippen LogP contribution in [0.5, 0.6) is 0 Å². The Morgan fingerprint density at radius 1 is 1.17 bits per heavy atom. The first-order valence-electron chi connectivity index (χ1n) is 11.1. The first-order valence-corrected chi connectivity index (χ1v) is 11.1. The SMILES string of the molecule is CCC(C)CNC(=O)C1CCN(c2nc(-c3ccccc3)nc3c2CCC3)CC1. The highest BCUT2D eigenvalue weighted by molar-refractivity contribution is 5.79. The average molecular weight is 393 g/mol. The molecule has 0 radical (unpaired) electrons. The van der Waals surface area contributed by atoms with Gasteiger partial charge in [-0.05, 0) is 38.0 Å². The third-order valence-electron chi connectivity index (χ3n) is 6.43. The van der Waals surface area contributed by atoms with Crippen molar-refractivity contribution in [2.24, 2.45) is 11.8 Å². The van der Waals surface area contributed by atoms with Crippen molar-refractivity contribution >= 4 is 11.7 Å². The number of benzene rings is 1. The van der Waals surface area contributed by atoms with E-state index in [2.05, 4.69) is 36.2 Å². The highest BCUT2D eigenvalue weighted by Crippen LogP contribution is 2.33. The Kier molecular flexibility index (Phi) is 6.12. The van der Waals surface area contributed by atoms with Gasteiger partial charge in [0, 0.05) is 42.4 Å². The second kappa shape index (κ2) is 8.93. The first-order chi connectivity index (χ1) is 14.2. The summed E-state index contributed by atoms with van der Waals surface area (Å²) < 4.78 is 0. The summed E-state index contributed by atoms with van der Waals surface area (Å²) in [6.07, 6.45) is 6.15. The number of nitrogens with zero attached hydrogens (tertiary/aromatic N) is 3. The third kappa shape index (κ3) is 4.44. The lowest BCUT2D eigenvalue weighted by Crippen LogP contribution is -2.42. The number of amides is 1. The summed E-state index contributed by atoms with van der Waals surface area (Å²) in [5.74, 6) is 2.82. The molecule has 2 heterocycles. The van der Waals surface area contributed by atoms with Gasteiger partial charge in [-0.1, -0.05) is 50.6 Å². The van der Waals surface area contributed by atoms with E-state index in [9.17, 15) is 4.79 Å². The predicted molar refractivity (Wildman–Crippen MR) is 117 cm³/mol.